The molecule has 0 radical (unpaired) electrons. The molecule has 0 fully saturated rings. The van der Waals surface area contributed by atoms with Gasteiger partial charge in [0.05, 0.1) is 5.52 Å². The molecule has 11 heteroatoms. The van der Waals surface area contributed by atoms with Gasteiger partial charge in [0.25, 0.3) is 0 Å². The Labute approximate surface area is 253 Å². The molecule has 2 aromatic rings. The molecule has 2 rings (SSSR count). The van der Waals surface area contributed by atoms with Crippen LogP contribution in [0.3, 0.4) is 0 Å². The molecule has 2 N–H and O–H groups in total. The number of hydrogen-bond donors (Lipinski definition) is 2. The molecule has 1 heterocycles. The lowest BCUT2D eigenvalue weighted by Crippen LogP contribution is -2.54. The number of amides is 2. The quantitative estimate of drug-likeness (QED) is 0.245. The normalized spacial score (nSPS) is 13.7. The molecule has 10 nitrogen and oxygen atoms in total. The zero-order chi connectivity index (χ0) is 32.0. The Morgan fingerprint density at radius 2 is 1.40 bits per heavy atom. The molecule has 0 spiro atoms. The van der Waals surface area contributed by atoms with Crippen molar-refractivity contribution in [2.24, 2.45) is 0 Å². The number of unbranched alkanes of at least 4 members (excludes halogenated alkanes) is 1. The van der Waals surface area contributed by atoms with E-state index in [1.165, 1.54) is 4.57 Å². The smallest absolute Gasteiger partial charge is 0.420 e. The topological polar surface area (TPSA) is 125 Å². The molecule has 42 heavy (non-hydrogen) atoms. The van der Waals surface area contributed by atoms with Crippen molar-refractivity contribution in [3.05, 3.63) is 35.0 Å². The summed E-state index contributed by atoms with van der Waals surface area (Å²) in [5.41, 5.74) is -1.43. The van der Waals surface area contributed by atoms with Gasteiger partial charge in [0.15, 0.2) is 0 Å². The van der Waals surface area contributed by atoms with Crippen LogP contribution in [0.2, 0.25) is 5.15 Å². The third kappa shape index (κ3) is 10.5. The van der Waals surface area contributed by atoms with Gasteiger partial charge in [0.2, 0.25) is 5.91 Å². The summed E-state index contributed by atoms with van der Waals surface area (Å²) in [4.78, 5) is 52.7. The molecule has 2 atom stereocenters. The van der Waals surface area contributed by atoms with Crippen molar-refractivity contribution in [3.63, 3.8) is 0 Å². The van der Waals surface area contributed by atoms with Crippen LogP contribution in [0.15, 0.2) is 24.3 Å². The number of alkyl carbamates (subject to hydrolysis) is 1. The summed E-state index contributed by atoms with van der Waals surface area (Å²) in [7, 11) is 0. The van der Waals surface area contributed by atoms with Crippen molar-refractivity contribution >= 4 is 46.6 Å². The van der Waals surface area contributed by atoms with Gasteiger partial charge in [-0.15, -0.1) is 0 Å². The molecular weight excluding hydrogens is 562 g/mol. The van der Waals surface area contributed by atoms with Crippen molar-refractivity contribution in [1.82, 2.24) is 15.2 Å². The summed E-state index contributed by atoms with van der Waals surface area (Å²) in [5.74, 6) is -1.20. The molecule has 0 aliphatic rings. The third-order valence-electron chi connectivity index (χ3n) is 5.76. The first-order valence-corrected chi connectivity index (χ1v) is 14.6. The maximum absolute atomic E-state index is 13.7. The standard InChI is InChI=1S/C31H46ClN3O7/c1-11-12-16-21(26(37)40-29(2,3)4)33-25(36)22(34-27(38)41-30(5,6)7)18-20-19-15-13-14-17-23(19)35(24(20)32)28(39)42-31(8,9)10/h13-15,17,21-22H,11-12,16,18H2,1-10H3,(H,33,36)(H,34,38)/t21-,22-/m1/s1. The number of esters is 1. The molecule has 0 unspecified atom stereocenters. The van der Waals surface area contributed by atoms with Gasteiger partial charge in [-0.05, 0) is 74.8 Å². The lowest BCUT2D eigenvalue weighted by atomic mass is 10.0. The van der Waals surface area contributed by atoms with E-state index in [0.29, 0.717) is 29.3 Å². The highest BCUT2D eigenvalue weighted by Gasteiger charge is 2.33. The summed E-state index contributed by atoms with van der Waals surface area (Å²) in [6.45, 7) is 17.6. The second-order valence-electron chi connectivity index (χ2n) is 13.2. The van der Waals surface area contributed by atoms with Gasteiger partial charge in [0.1, 0.15) is 34.0 Å². The minimum absolute atomic E-state index is 0.0453. The maximum Gasteiger partial charge on any atom is 0.420 e. The summed E-state index contributed by atoms with van der Waals surface area (Å²) < 4.78 is 17.8. The average molecular weight is 608 g/mol. The SMILES string of the molecule is CCCC[C@@H](NC(=O)[C@@H](Cc1c(Cl)n(C(=O)OC(C)(C)C)c2ccccc12)NC(=O)OC(C)(C)C)C(=O)OC(C)(C)C. The summed E-state index contributed by atoms with van der Waals surface area (Å²) in [5, 5.41) is 6.04. The Bertz CT molecular complexity index is 1280. The van der Waals surface area contributed by atoms with Gasteiger partial charge in [0, 0.05) is 17.4 Å². The van der Waals surface area contributed by atoms with E-state index >= 15 is 0 Å². The number of halogens is 1. The number of hydrogen-bond acceptors (Lipinski definition) is 7. The Morgan fingerprint density at radius 3 is 1.95 bits per heavy atom. The van der Waals surface area contributed by atoms with Crippen LogP contribution in [0.1, 0.15) is 94.1 Å². The second kappa shape index (κ2) is 13.8. The van der Waals surface area contributed by atoms with Crippen LogP contribution in [0.4, 0.5) is 9.59 Å². The predicted molar refractivity (Wildman–Crippen MR) is 163 cm³/mol. The van der Waals surface area contributed by atoms with Crippen LogP contribution in [0.25, 0.3) is 10.9 Å². The van der Waals surface area contributed by atoms with Gasteiger partial charge in [-0.1, -0.05) is 49.6 Å². The number of nitrogens with one attached hydrogen (secondary N) is 2. The molecule has 0 aliphatic carbocycles. The molecule has 0 saturated heterocycles. The van der Waals surface area contributed by atoms with Crippen molar-refractivity contribution in [1.29, 1.82) is 0 Å². The number of aromatic nitrogens is 1. The van der Waals surface area contributed by atoms with E-state index < -0.39 is 52.9 Å². The van der Waals surface area contributed by atoms with Crippen molar-refractivity contribution in [2.45, 2.75) is 124 Å². The number of ether oxygens (including phenoxy) is 3. The molecule has 1 aromatic heterocycles. The number of rotatable bonds is 9. The van der Waals surface area contributed by atoms with Crippen molar-refractivity contribution in [2.75, 3.05) is 0 Å². The highest BCUT2D eigenvalue weighted by molar-refractivity contribution is 6.33. The van der Waals surface area contributed by atoms with Gasteiger partial charge in [-0.3, -0.25) is 4.79 Å². The second-order valence-corrected chi connectivity index (χ2v) is 13.6. The highest BCUT2D eigenvalue weighted by Crippen LogP contribution is 2.32. The minimum Gasteiger partial charge on any atom is -0.458 e. The van der Waals surface area contributed by atoms with Gasteiger partial charge in [-0.2, -0.15) is 0 Å². The van der Waals surface area contributed by atoms with Crippen LogP contribution in [-0.4, -0.2) is 57.5 Å². The van der Waals surface area contributed by atoms with E-state index in [-0.39, 0.29) is 11.6 Å². The summed E-state index contributed by atoms with van der Waals surface area (Å²) in [6, 6.07) is 4.88. The monoisotopic (exact) mass is 607 g/mol. The van der Waals surface area contributed by atoms with Gasteiger partial charge >= 0.3 is 18.2 Å². The van der Waals surface area contributed by atoms with Crippen LogP contribution in [-0.2, 0) is 30.2 Å². The first kappa shape index (κ1) is 34.9. The van der Waals surface area contributed by atoms with Crippen molar-refractivity contribution < 1.29 is 33.4 Å². The Kier molecular flexibility index (Phi) is 11.5. The van der Waals surface area contributed by atoms with E-state index in [2.05, 4.69) is 10.6 Å². The molecule has 234 valence electrons. The molecule has 0 aliphatic heterocycles. The molecule has 2 amide bonds. The van der Waals surface area contributed by atoms with E-state index in [1.807, 2.05) is 6.92 Å². The Morgan fingerprint density at radius 1 is 0.833 bits per heavy atom. The van der Waals surface area contributed by atoms with E-state index in [1.54, 1.807) is 86.6 Å². The first-order valence-electron chi connectivity index (χ1n) is 14.3. The largest absolute Gasteiger partial charge is 0.458 e. The van der Waals surface area contributed by atoms with Crippen molar-refractivity contribution in [3.8, 4) is 0 Å². The average Bonchev–Trinajstić information content (AvgIpc) is 3.09. The van der Waals surface area contributed by atoms with E-state index in [0.717, 1.165) is 6.42 Å². The fraction of sp³-hybridized carbons (Fsp3) is 0.613. The van der Waals surface area contributed by atoms with Gasteiger partial charge in [-0.25, -0.2) is 19.0 Å². The third-order valence-corrected chi connectivity index (χ3v) is 6.16. The minimum atomic E-state index is -1.21. The lowest BCUT2D eigenvalue weighted by Gasteiger charge is -2.27. The maximum atomic E-state index is 13.7. The van der Waals surface area contributed by atoms with Crippen LogP contribution < -0.4 is 10.6 Å². The number of carbonyl (C=O) groups is 4. The number of para-hydroxylation sites is 1. The fourth-order valence-electron chi connectivity index (χ4n) is 4.12. The summed E-state index contributed by atoms with van der Waals surface area (Å²) >= 11 is 6.78. The Hall–Kier alpha value is -3.27. The van der Waals surface area contributed by atoms with E-state index in [9.17, 15) is 19.2 Å². The molecular formula is C31H46ClN3O7. The number of fused-ring (bicyclic) bond motifs is 1. The fourth-order valence-corrected chi connectivity index (χ4v) is 4.46. The number of carbonyl (C=O) groups excluding carboxylic acids is 4. The highest BCUT2D eigenvalue weighted by atomic mass is 35.5. The van der Waals surface area contributed by atoms with Crippen LogP contribution in [0, 0.1) is 0 Å². The molecule has 0 saturated carbocycles. The summed E-state index contributed by atoms with van der Waals surface area (Å²) in [6.07, 6.45) is 0.222. The first-order chi connectivity index (χ1) is 19.2. The van der Waals surface area contributed by atoms with E-state index in [4.69, 9.17) is 25.8 Å². The van der Waals surface area contributed by atoms with Crippen LogP contribution in [0.5, 0.6) is 0 Å². The molecule has 0 bridgehead atoms. The lowest BCUT2D eigenvalue weighted by molar-refractivity contribution is -0.159. The number of benzene rings is 1. The predicted octanol–water partition coefficient (Wildman–Crippen LogP) is 6.53. The Balaban J connectivity index is 2.53. The number of nitrogens with zero attached hydrogens (tertiary/aromatic N) is 1. The zero-order valence-corrected chi connectivity index (χ0v) is 27.2. The molecule has 1 aromatic carbocycles. The van der Waals surface area contributed by atoms with Crippen LogP contribution >= 0.6 is 11.6 Å². The van der Waals surface area contributed by atoms with Gasteiger partial charge < -0.3 is 24.8 Å². The zero-order valence-electron chi connectivity index (χ0n) is 26.5.